The minimum absolute atomic E-state index is 0.410. The number of hydrogen-bond acceptors (Lipinski definition) is 2. The maximum Gasteiger partial charge on any atom is 0.0470 e. The monoisotopic (exact) mass is 246 g/mol. The maximum atomic E-state index is 6.00. The van der Waals surface area contributed by atoms with Crippen molar-refractivity contribution in [3.05, 3.63) is 35.4 Å². The summed E-state index contributed by atoms with van der Waals surface area (Å²) in [6.07, 6.45) is 4.01. The SMILES string of the molecule is CCCC1CCN(C(CN)c2ccc(C)cc2)C1. The molecule has 2 unspecified atom stereocenters. The highest BCUT2D eigenvalue weighted by molar-refractivity contribution is 5.24. The number of likely N-dealkylation sites (tertiary alicyclic amines) is 1. The van der Waals surface area contributed by atoms with Crippen LogP contribution in [-0.2, 0) is 0 Å². The van der Waals surface area contributed by atoms with Crippen LogP contribution in [0.1, 0.15) is 43.4 Å². The smallest absolute Gasteiger partial charge is 0.0470 e. The van der Waals surface area contributed by atoms with Gasteiger partial charge in [0.25, 0.3) is 0 Å². The van der Waals surface area contributed by atoms with Crippen LogP contribution >= 0.6 is 0 Å². The minimum atomic E-state index is 0.410. The van der Waals surface area contributed by atoms with Gasteiger partial charge in [-0.25, -0.2) is 0 Å². The molecule has 1 aliphatic heterocycles. The van der Waals surface area contributed by atoms with E-state index in [0.29, 0.717) is 6.04 Å². The van der Waals surface area contributed by atoms with Gasteiger partial charge in [0.1, 0.15) is 0 Å². The predicted molar refractivity (Wildman–Crippen MR) is 77.6 cm³/mol. The van der Waals surface area contributed by atoms with Gasteiger partial charge in [-0.05, 0) is 37.8 Å². The Bertz CT molecular complexity index is 358. The molecular formula is C16H26N2. The molecule has 1 aliphatic rings. The highest BCUT2D eigenvalue weighted by atomic mass is 15.2. The van der Waals surface area contributed by atoms with Crippen molar-refractivity contribution < 1.29 is 0 Å². The van der Waals surface area contributed by atoms with Crippen LogP contribution in [0.5, 0.6) is 0 Å². The lowest BCUT2D eigenvalue weighted by Crippen LogP contribution is -2.32. The molecule has 0 spiro atoms. The second kappa shape index (κ2) is 6.35. The van der Waals surface area contributed by atoms with Crippen molar-refractivity contribution in [1.82, 2.24) is 4.90 Å². The molecule has 2 heteroatoms. The summed E-state index contributed by atoms with van der Waals surface area (Å²) in [5.74, 6) is 0.884. The summed E-state index contributed by atoms with van der Waals surface area (Å²) >= 11 is 0. The van der Waals surface area contributed by atoms with Gasteiger partial charge in [0.05, 0.1) is 0 Å². The van der Waals surface area contributed by atoms with E-state index in [2.05, 4.69) is 43.0 Å². The maximum absolute atomic E-state index is 6.00. The molecule has 1 aromatic rings. The molecule has 100 valence electrons. The highest BCUT2D eigenvalue weighted by Gasteiger charge is 2.27. The van der Waals surface area contributed by atoms with Crippen LogP contribution in [0.3, 0.4) is 0 Å². The van der Waals surface area contributed by atoms with Crippen LogP contribution < -0.4 is 5.73 Å². The normalized spacial score (nSPS) is 22.3. The van der Waals surface area contributed by atoms with Crippen LogP contribution in [0.15, 0.2) is 24.3 Å². The second-order valence-corrected chi connectivity index (χ2v) is 5.60. The summed E-state index contributed by atoms with van der Waals surface area (Å²) in [6.45, 7) is 7.57. The van der Waals surface area contributed by atoms with Crippen LogP contribution in [0, 0.1) is 12.8 Å². The number of nitrogens with zero attached hydrogens (tertiary/aromatic N) is 1. The molecule has 0 amide bonds. The molecule has 1 saturated heterocycles. The predicted octanol–water partition coefficient (Wildman–Crippen LogP) is 3.12. The summed E-state index contributed by atoms with van der Waals surface area (Å²) in [6, 6.07) is 9.27. The van der Waals surface area contributed by atoms with Gasteiger partial charge >= 0.3 is 0 Å². The van der Waals surface area contributed by atoms with Crippen molar-refractivity contribution in [3.8, 4) is 0 Å². The van der Waals surface area contributed by atoms with Crippen molar-refractivity contribution in [3.63, 3.8) is 0 Å². The van der Waals surface area contributed by atoms with Crippen LogP contribution in [0.2, 0.25) is 0 Å². The molecular weight excluding hydrogens is 220 g/mol. The standard InChI is InChI=1S/C16H26N2/c1-3-4-14-9-10-18(12-14)16(11-17)15-7-5-13(2)6-8-15/h5-8,14,16H,3-4,9-12,17H2,1-2H3. The molecule has 0 bridgehead atoms. The molecule has 2 N–H and O–H groups in total. The van der Waals surface area contributed by atoms with Crippen molar-refractivity contribution in [1.29, 1.82) is 0 Å². The van der Waals surface area contributed by atoms with Crippen LogP contribution in [-0.4, -0.2) is 24.5 Å². The second-order valence-electron chi connectivity index (χ2n) is 5.60. The highest BCUT2D eigenvalue weighted by Crippen LogP contribution is 2.29. The van der Waals surface area contributed by atoms with E-state index in [1.165, 1.54) is 43.5 Å². The van der Waals surface area contributed by atoms with Gasteiger partial charge in [0, 0.05) is 19.1 Å². The third-order valence-electron chi connectivity index (χ3n) is 4.14. The number of rotatable bonds is 5. The number of hydrogen-bond donors (Lipinski definition) is 1. The van der Waals surface area contributed by atoms with E-state index in [1.807, 2.05) is 0 Å². The van der Waals surface area contributed by atoms with E-state index >= 15 is 0 Å². The van der Waals surface area contributed by atoms with E-state index in [9.17, 15) is 0 Å². The Labute approximate surface area is 111 Å². The Morgan fingerprint density at radius 1 is 1.33 bits per heavy atom. The molecule has 2 nitrogen and oxygen atoms in total. The summed E-state index contributed by atoms with van der Waals surface area (Å²) in [5.41, 5.74) is 8.69. The Hall–Kier alpha value is -0.860. The third kappa shape index (κ3) is 3.12. The molecule has 2 atom stereocenters. The molecule has 0 aromatic heterocycles. The minimum Gasteiger partial charge on any atom is -0.329 e. The molecule has 1 aromatic carbocycles. The number of aryl methyl sites for hydroxylation is 1. The van der Waals surface area contributed by atoms with Gasteiger partial charge in [-0.1, -0.05) is 43.2 Å². The fraction of sp³-hybridized carbons (Fsp3) is 0.625. The van der Waals surface area contributed by atoms with Crippen molar-refractivity contribution >= 4 is 0 Å². The summed E-state index contributed by atoms with van der Waals surface area (Å²) in [4.78, 5) is 2.57. The summed E-state index contributed by atoms with van der Waals surface area (Å²) in [5, 5.41) is 0. The zero-order chi connectivity index (χ0) is 13.0. The number of nitrogens with two attached hydrogens (primary N) is 1. The zero-order valence-corrected chi connectivity index (χ0v) is 11.7. The lowest BCUT2D eigenvalue weighted by molar-refractivity contribution is 0.240. The molecule has 2 rings (SSSR count). The topological polar surface area (TPSA) is 29.3 Å². The van der Waals surface area contributed by atoms with Crippen molar-refractivity contribution in [2.45, 2.75) is 39.2 Å². The van der Waals surface area contributed by atoms with Gasteiger partial charge in [0.15, 0.2) is 0 Å². The Kier molecular flexibility index (Phi) is 4.79. The molecule has 0 saturated carbocycles. The van der Waals surface area contributed by atoms with Crippen LogP contribution in [0.25, 0.3) is 0 Å². The molecule has 18 heavy (non-hydrogen) atoms. The van der Waals surface area contributed by atoms with Gasteiger partial charge < -0.3 is 5.73 Å². The van der Waals surface area contributed by atoms with E-state index in [4.69, 9.17) is 5.73 Å². The Morgan fingerprint density at radius 3 is 2.67 bits per heavy atom. The van der Waals surface area contributed by atoms with E-state index in [0.717, 1.165) is 12.5 Å². The lowest BCUT2D eigenvalue weighted by Gasteiger charge is -2.27. The van der Waals surface area contributed by atoms with Gasteiger partial charge in [-0.2, -0.15) is 0 Å². The van der Waals surface area contributed by atoms with Crippen molar-refractivity contribution in [2.24, 2.45) is 11.7 Å². The lowest BCUT2D eigenvalue weighted by atomic mass is 10.0. The van der Waals surface area contributed by atoms with E-state index in [-0.39, 0.29) is 0 Å². The molecule has 0 radical (unpaired) electrons. The third-order valence-corrected chi connectivity index (χ3v) is 4.14. The first kappa shape index (κ1) is 13.6. The van der Waals surface area contributed by atoms with Gasteiger partial charge in [-0.15, -0.1) is 0 Å². The molecule has 0 aliphatic carbocycles. The molecule has 1 fully saturated rings. The summed E-state index contributed by atoms with van der Waals surface area (Å²) in [7, 11) is 0. The average Bonchev–Trinajstić information content (AvgIpc) is 2.82. The van der Waals surface area contributed by atoms with E-state index < -0.39 is 0 Å². The van der Waals surface area contributed by atoms with E-state index in [1.54, 1.807) is 0 Å². The van der Waals surface area contributed by atoms with Gasteiger partial charge in [-0.3, -0.25) is 4.90 Å². The molecule has 1 heterocycles. The van der Waals surface area contributed by atoms with Crippen LogP contribution in [0.4, 0.5) is 0 Å². The first-order valence-corrected chi connectivity index (χ1v) is 7.25. The Morgan fingerprint density at radius 2 is 2.06 bits per heavy atom. The first-order chi connectivity index (χ1) is 8.74. The van der Waals surface area contributed by atoms with Gasteiger partial charge in [0.2, 0.25) is 0 Å². The first-order valence-electron chi connectivity index (χ1n) is 7.25. The Balaban J connectivity index is 2.03. The average molecular weight is 246 g/mol. The fourth-order valence-electron chi connectivity index (χ4n) is 3.07. The fourth-order valence-corrected chi connectivity index (χ4v) is 3.07. The quantitative estimate of drug-likeness (QED) is 0.865. The number of benzene rings is 1. The zero-order valence-electron chi connectivity index (χ0n) is 11.7. The summed E-state index contributed by atoms with van der Waals surface area (Å²) < 4.78 is 0. The van der Waals surface area contributed by atoms with Crippen molar-refractivity contribution in [2.75, 3.05) is 19.6 Å². The largest absolute Gasteiger partial charge is 0.329 e.